The second kappa shape index (κ2) is 7.11. The van der Waals surface area contributed by atoms with Gasteiger partial charge in [-0.2, -0.15) is 0 Å². The molecular weight excluding hydrogens is 246 g/mol. The predicted molar refractivity (Wildman–Crippen MR) is 84.3 cm³/mol. The Labute approximate surface area is 121 Å². The molecule has 0 unspecified atom stereocenters. The molecular formula is C18H23NO. The van der Waals surface area contributed by atoms with Gasteiger partial charge in [-0.3, -0.25) is 0 Å². The van der Waals surface area contributed by atoms with E-state index in [9.17, 15) is 0 Å². The molecule has 0 aliphatic carbocycles. The minimum atomic E-state index is 0.383. The second-order valence-electron chi connectivity index (χ2n) is 5.19. The lowest BCUT2D eigenvalue weighted by molar-refractivity contribution is 0.414. The monoisotopic (exact) mass is 269 g/mol. The summed E-state index contributed by atoms with van der Waals surface area (Å²) in [5, 5.41) is 3.57. The van der Waals surface area contributed by atoms with Crippen LogP contribution in [0.25, 0.3) is 0 Å². The van der Waals surface area contributed by atoms with E-state index in [-0.39, 0.29) is 0 Å². The largest absolute Gasteiger partial charge is 0.497 e. The average Bonchev–Trinajstić information content (AvgIpc) is 2.48. The molecule has 0 amide bonds. The first-order valence-electron chi connectivity index (χ1n) is 7.12. The van der Waals surface area contributed by atoms with Crippen molar-refractivity contribution in [2.45, 2.75) is 26.3 Å². The zero-order chi connectivity index (χ0) is 14.4. The molecule has 0 aliphatic rings. The van der Waals surface area contributed by atoms with E-state index >= 15 is 0 Å². The topological polar surface area (TPSA) is 21.3 Å². The summed E-state index contributed by atoms with van der Waals surface area (Å²) in [6.45, 7) is 5.32. The van der Waals surface area contributed by atoms with Gasteiger partial charge < -0.3 is 10.1 Å². The molecule has 2 aromatic carbocycles. The molecule has 0 spiro atoms. The zero-order valence-electron chi connectivity index (χ0n) is 12.5. The molecule has 2 rings (SSSR count). The van der Waals surface area contributed by atoms with Crippen LogP contribution in [0.4, 0.5) is 0 Å². The summed E-state index contributed by atoms with van der Waals surface area (Å²) in [5.41, 5.74) is 3.99. The minimum Gasteiger partial charge on any atom is -0.497 e. The van der Waals surface area contributed by atoms with Crippen molar-refractivity contribution in [1.29, 1.82) is 0 Å². The Morgan fingerprint density at radius 3 is 2.50 bits per heavy atom. The molecule has 106 valence electrons. The van der Waals surface area contributed by atoms with Crippen LogP contribution in [0, 0.1) is 6.92 Å². The van der Waals surface area contributed by atoms with Crippen LogP contribution in [-0.4, -0.2) is 13.7 Å². The molecule has 20 heavy (non-hydrogen) atoms. The molecule has 2 heteroatoms. The molecule has 0 saturated heterocycles. The fourth-order valence-electron chi connectivity index (χ4n) is 2.28. The molecule has 0 aromatic heterocycles. The molecule has 1 atom stereocenters. The van der Waals surface area contributed by atoms with Gasteiger partial charge in [-0.25, -0.2) is 0 Å². The molecule has 0 saturated carbocycles. The van der Waals surface area contributed by atoms with Gasteiger partial charge in [0, 0.05) is 6.04 Å². The van der Waals surface area contributed by atoms with Crippen molar-refractivity contribution in [1.82, 2.24) is 5.32 Å². The van der Waals surface area contributed by atoms with Gasteiger partial charge in [0.05, 0.1) is 7.11 Å². The van der Waals surface area contributed by atoms with Gasteiger partial charge in [0.25, 0.3) is 0 Å². The predicted octanol–water partition coefficient (Wildman–Crippen LogP) is 3.90. The molecule has 0 heterocycles. The average molecular weight is 269 g/mol. The Bertz CT molecular complexity index is 533. The third kappa shape index (κ3) is 4.10. The van der Waals surface area contributed by atoms with Crippen LogP contribution in [0.3, 0.4) is 0 Å². The molecule has 0 radical (unpaired) electrons. The Morgan fingerprint density at radius 1 is 1.10 bits per heavy atom. The number of aryl methyl sites for hydroxylation is 1. The fourth-order valence-corrected chi connectivity index (χ4v) is 2.28. The summed E-state index contributed by atoms with van der Waals surface area (Å²) >= 11 is 0. The lowest BCUT2D eigenvalue weighted by Gasteiger charge is -2.15. The number of methoxy groups -OCH3 is 1. The highest BCUT2D eigenvalue weighted by atomic mass is 16.5. The van der Waals surface area contributed by atoms with E-state index in [2.05, 4.69) is 55.6 Å². The maximum Gasteiger partial charge on any atom is 0.118 e. The van der Waals surface area contributed by atoms with Crippen molar-refractivity contribution in [2.24, 2.45) is 0 Å². The molecule has 0 bridgehead atoms. The van der Waals surface area contributed by atoms with Gasteiger partial charge in [0.15, 0.2) is 0 Å². The van der Waals surface area contributed by atoms with E-state index in [1.54, 1.807) is 7.11 Å². The van der Waals surface area contributed by atoms with Crippen LogP contribution in [0.5, 0.6) is 5.75 Å². The van der Waals surface area contributed by atoms with Crippen molar-refractivity contribution in [3.8, 4) is 5.75 Å². The molecule has 0 fully saturated rings. The zero-order valence-corrected chi connectivity index (χ0v) is 12.5. The number of rotatable bonds is 6. The minimum absolute atomic E-state index is 0.383. The third-order valence-corrected chi connectivity index (χ3v) is 3.57. The van der Waals surface area contributed by atoms with Crippen molar-refractivity contribution in [3.63, 3.8) is 0 Å². The number of benzene rings is 2. The lowest BCUT2D eigenvalue weighted by atomic mass is 10.1. The first kappa shape index (κ1) is 14.6. The summed E-state index contributed by atoms with van der Waals surface area (Å²) in [7, 11) is 1.69. The van der Waals surface area contributed by atoms with E-state index in [1.807, 2.05) is 12.1 Å². The van der Waals surface area contributed by atoms with Crippen LogP contribution < -0.4 is 10.1 Å². The maximum absolute atomic E-state index is 5.17. The standard InChI is InChI=1S/C18H23NO/c1-14-5-4-6-17(13-14)15(2)19-12-11-16-7-9-18(20-3)10-8-16/h4-10,13,15,19H,11-12H2,1-3H3/t15-/m0/s1. The first-order chi connectivity index (χ1) is 9.69. The molecule has 1 N–H and O–H groups in total. The lowest BCUT2D eigenvalue weighted by Crippen LogP contribution is -2.21. The fraction of sp³-hybridized carbons (Fsp3) is 0.333. The summed E-state index contributed by atoms with van der Waals surface area (Å²) in [4.78, 5) is 0. The van der Waals surface area contributed by atoms with E-state index in [0.29, 0.717) is 6.04 Å². The van der Waals surface area contributed by atoms with Crippen molar-refractivity contribution >= 4 is 0 Å². The Morgan fingerprint density at radius 2 is 1.85 bits per heavy atom. The third-order valence-electron chi connectivity index (χ3n) is 3.57. The summed E-state index contributed by atoms with van der Waals surface area (Å²) in [5.74, 6) is 0.912. The van der Waals surface area contributed by atoms with Gasteiger partial charge in [-0.05, 0) is 50.1 Å². The van der Waals surface area contributed by atoms with Gasteiger partial charge in [0.2, 0.25) is 0 Å². The van der Waals surface area contributed by atoms with Gasteiger partial charge in [-0.1, -0.05) is 42.0 Å². The van der Waals surface area contributed by atoms with Gasteiger partial charge in [-0.15, -0.1) is 0 Å². The van der Waals surface area contributed by atoms with Crippen molar-refractivity contribution < 1.29 is 4.74 Å². The summed E-state index contributed by atoms with van der Waals surface area (Å²) in [6.07, 6.45) is 1.03. The van der Waals surface area contributed by atoms with Gasteiger partial charge in [0.1, 0.15) is 5.75 Å². The summed E-state index contributed by atoms with van der Waals surface area (Å²) < 4.78 is 5.17. The Balaban J connectivity index is 1.82. The number of hydrogen-bond acceptors (Lipinski definition) is 2. The second-order valence-corrected chi connectivity index (χ2v) is 5.19. The molecule has 2 aromatic rings. The highest BCUT2D eigenvalue weighted by Crippen LogP contribution is 2.14. The van der Waals surface area contributed by atoms with Crippen LogP contribution in [0.15, 0.2) is 48.5 Å². The van der Waals surface area contributed by atoms with Crippen LogP contribution in [-0.2, 0) is 6.42 Å². The number of hydrogen-bond donors (Lipinski definition) is 1. The van der Waals surface area contributed by atoms with Gasteiger partial charge >= 0.3 is 0 Å². The van der Waals surface area contributed by atoms with E-state index < -0.39 is 0 Å². The smallest absolute Gasteiger partial charge is 0.118 e. The van der Waals surface area contributed by atoms with E-state index in [1.165, 1.54) is 16.7 Å². The maximum atomic E-state index is 5.17. The molecule has 2 nitrogen and oxygen atoms in total. The van der Waals surface area contributed by atoms with Crippen LogP contribution in [0.1, 0.15) is 29.7 Å². The van der Waals surface area contributed by atoms with Crippen LogP contribution in [0.2, 0.25) is 0 Å². The quantitative estimate of drug-likeness (QED) is 0.859. The normalized spacial score (nSPS) is 12.2. The number of ether oxygens (including phenoxy) is 1. The number of nitrogens with one attached hydrogen (secondary N) is 1. The Hall–Kier alpha value is -1.80. The highest BCUT2D eigenvalue weighted by molar-refractivity contribution is 5.27. The summed E-state index contributed by atoms with van der Waals surface area (Å²) in [6, 6.07) is 17.3. The first-order valence-corrected chi connectivity index (χ1v) is 7.12. The van der Waals surface area contributed by atoms with Crippen LogP contribution >= 0.6 is 0 Å². The van der Waals surface area contributed by atoms with E-state index in [0.717, 1.165) is 18.7 Å². The van der Waals surface area contributed by atoms with Crippen molar-refractivity contribution in [3.05, 3.63) is 65.2 Å². The SMILES string of the molecule is COc1ccc(CCN[C@@H](C)c2cccc(C)c2)cc1. The highest BCUT2D eigenvalue weighted by Gasteiger charge is 2.04. The molecule has 0 aliphatic heterocycles. The van der Waals surface area contributed by atoms with E-state index in [4.69, 9.17) is 4.74 Å². The van der Waals surface area contributed by atoms with Crippen molar-refractivity contribution in [2.75, 3.05) is 13.7 Å². The Kier molecular flexibility index (Phi) is 5.19.